The van der Waals surface area contributed by atoms with Crippen LogP contribution >= 0.6 is 12.2 Å². The minimum atomic E-state index is 0.160. The molecule has 0 atom stereocenters. The largest absolute Gasteiger partial charge is 0.387 e. The maximum Gasteiger partial charge on any atom is 0.188 e. The van der Waals surface area contributed by atoms with Crippen LogP contribution in [0, 0.1) is 0 Å². The Morgan fingerprint density at radius 3 is 2.70 bits per heavy atom. The monoisotopic (exact) mass is 154 g/mol. The zero-order chi connectivity index (χ0) is 7.56. The van der Waals surface area contributed by atoms with E-state index in [9.17, 15) is 0 Å². The Morgan fingerprint density at radius 2 is 2.30 bits per heavy atom. The normalized spacial score (nSPS) is 9.20. The molecule has 0 aliphatic carbocycles. The van der Waals surface area contributed by atoms with E-state index >= 15 is 0 Å². The summed E-state index contributed by atoms with van der Waals surface area (Å²) in [7, 11) is 0. The molecular formula is C5H6N4S. The van der Waals surface area contributed by atoms with Crippen LogP contribution in [0.4, 0.5) is 5.82 Å². The lowest BCUT2D eigenvalue weighted by Crippen LogP contribution is -2.14. The number of aromatic nitrogens is 2. The molecule has 0 spiro atoms. The number of nitrogens with two attached hydrogens (primary N) is 2. The van der Waals surface area contributed by atoms with Crippen molar-refractivity contribution in [2.24, 2.45) is 5.73 Å². The highest BCUT2D eigenvalue weighted by atomic mass is 32.1. The van der Waals surface area contributed by atoms with Gasteiger partial charge in [-0.05, 0) is 6.07 Å². The summed E-state index contributed by atoms with van der Waals surface area (Å²) >= 11 is 4.62. The van der Waals surface area contributed by atoms with Crippen molar-refractivity contribution in [1.82, 2.24) is 9.97 Å². The van der Waals surface area contributed by atoms with Crippen molar-refractivity contribution in [2.75, 3.05) is 5.73 Å². The van der Waals surface area contributed by atoms with Gasteiger partial charge < -0.3 is 11.5 Å². The Hall–Kier alpha value is -1.23. The molecule has 0 unspecified atom stereocenters. The van der Waals surface area contributed by atoms with Gasteiger partial charge in [0.05, 0.1) is 0 Å². The third-order valence-electron chi connectivity index (χ3n) is 0.898. The van der Waals surface area contributed by atoms with Gasteiger partial charge in [-0.15, -0.1) is 0 Å². The summed E-state index contributed by atoms with van der Waals surface area (Å²) in [6.07, 6.45) is 1.51. The van der Waals surface area contributed by atoms with E-state index in [1.54, 1.807) is 6.07 Å². The van der Waals surface area contributed by atoms with Crippen LogP contribution in [0.5, 0.6) is 0 Å². The second kappa shape index (κ2) is 2.57. The van der Waals surface area contributed by atoms with Gasteiger partial charge in [-0.25, -0.2) is 9.97 Å². The zero-order valence-electron chi connectivity index (χ0n) is 5.11. The van der Waals surface area contributed by atoms with Gasteiger partial charge in [0.1, 0.15) is 10.8 Å². The SMILES string of the molecule is NC(=S)c1nccc(N)n1. The number of hydrogen-bond donors (Lipinski definition) is 2. The first-order chi connectivity index (χ1) is 4.70. The molecule has 1 heterocycles. The van der Waals surface area contributed by atoms with Gasteiger partial charge in [0.15, 0.2) is 5.82 Å². The lowest BCUT2D eigenvalue weighted by atomic mass is 10.5. The average Bonchev–Trinajstić information content (AvgIpc) is 1.88. The predicted octanol–water partition coefficient (Wildman–Crippen LogP) is -0.307. The quantitative estimate of drug-likeness (QED) is 0.543. The molecule has 4 N–H and O–H groups in total. The second-order valence-electron chi connectivity index (χ2n) is 1.67. The van der Waals surface area contributed by atoms with E-state index in [4.69, 9.17) is 11.5 Å². The van der Waals surface area contributed by atoms with Crippen molar-refractivity contribution in [1.29, 1.82) is 0 Å². The molecule has 0 aromatic carbocycles. The van der Waals surface area contributed by atoms with E-state index in [-0.39, 0.29) is 4.99 Å². The molecule has 52 valence electrons. The molecule has 0 bridgehead atoms. The second-order valence-corrected chi connectivity index (χ2v) is 2.11. The number of nitrogen functional groups attached to an aromatic ring is 1. The van der Waals surface area contributed by atoms with Crippen molar-refractivity contribution in [3.05, 3.63) is 18.1 Å². The fourth-order valence-electron chi connectivity index (χ4n) is 0.491. The first-order valence-electron chi connectivity index (χ1n) is 2.58. The fourth-order valence-corrected chi connectivity index (χ4v) is 0.590. The van der Waals surface area contributed by atoms with Crippen LogP contribution in [0.2, 0.25) is 0 Å². The van der Waals surface area contributed by atoms with E-state index in [0.717, 1.165) is 0 Å². The van der Waals surface area contributed by atoms with Crippen molar-refractivity contribution >= 4 is 23.0 Å². The summed E-state index contributed by atoms with van der Waals surface area (Å²) in [5, 5.41) is 0. The molecule has 0 aliphatic rings. The summed E-state index contributed by atoms with van der Waals surface area (Å²) < 4.78 is 0. The van der Waals surface area contributed by atoms with Crippen molar-refractivity contribution in [3.8, 4) is 0 Å². The number of anilines is 1. The van der Waals surface area contributed by atoms with Crippen LogP contribution in [-0.4, -0.2) is 15.0 Å². The summed E-state index contributed by atoms with van der Waals surface area (Å²) in [6, 6.07) is 1.57. The minimum absolute atomic E-state index is 0.160. The molecule has 0 radical (unpaired) electrons. The highest BCUT2D eigenvalue weighted by molar-refractivity contribution is 7.80. The fraction of sp³-hybridized carbons (Fsp3) is 0. The first kappa shape index (κ1) is 6.88. The molecule has 0 saturated carbocycles. The van der Waals surface area contributed by atoms with E-state index < -0.39 is 0 Å². The molecule has 1 aromatic heterocycles. The van der Waals surface area contributed by atoms with Gasteiger partial charge in [-0.1, -0.05) is 12.2 Å². The van der Waals surface area contributed by atoms with Crippen LogP contribution in [0.15, 0.2) is 12.3 Å². The van der Waals surface area contributed by atoms with Gasteiger partial charge in [0.2, 0.25) is 0 Å². The number of hydrogen-bond acceptors (Lipinski definition) is 4. The molecule has 0 fully saturated rings. The topological polar surface area (TPSA) is 77.8 Å². The maximum atomic E-state index is 5.33. The van der Waals surface area contributed by atoms with Crippen LogP contribution in [0.1, 0.15) is 5.82 Å². The average molecular weight is 154 g/mol. The highest BCUT2D eigenvalue weighted by Gasteiger charge is 1.97. The molecular weight excluding hydrogens is 148 g/mol. The summed E-state index contributed by atoms with van der Waals surface area (Å²) in [5.41, 5.74) is 10.6. The van der Waals surface area contributed by atoms with Gasteiger partial charge >= 0.3 is 0 Å². The molecule has 0 aliphatic heterocycles. The van der Waals surface area contributed by atoms with E-state index in [0.29, 0.717) is 11.6 Å². The molecule has 4 nitrogen and oxygen atoms in total. The Bertz CT molecular complexity index is 260. The summed E-state index contributed by atoms with van der Waals surface area (Å²) in [5.74, 6) is 0.688. The number of rotatable bonds is 1. The third kappa shape index (κ3) is 1.38. The lowest BCUT2D eigenvalue weighted by molar-refractivity contribution is 1.14. The Balaban J connectivity index is 3.07. The minimum Gasteiger partial charge on any atom is -0.387 e. The Labute approximate surface area is 63.3 Å². The van der Waals surface area contributed by atoms with Crippen LogP contribution < -0.4 is 11.5 Å². The maximum absolute atomic E-state index is 5.33. The summed E-state index contributed by atoms with van der Waals surface area (Å²) in [4.78, 5) is 7.71. The van der Waals surface area contributed by atoms with Gasteiger partial charge in [-0.3, -0.25) is 0 Å². The van der Waals surface area contributed by atoms with Crippen LogP contribution in [0.25, 0.3) is 0 Å². The highest BCUT2D eigenvalue weighted by Crippen LogP contribution is 1.94. The first-order valence-corrected chi connectivity index (χ1v) is 2.99. The molecule has 0 amide bonds. The number of nitrogens with zero attached hydrogens (tertiary/aromatic N) is 2. The van der Waals surface area contributed by atoms with E-state index in [1.165, 1.54) is 6.20 Å². The lowest BCUT2D eigenvalue weighted by Gasteiger charge is -1.94. The summed E-state index contributed by atoms with van der Waals surface area (Å²) in [6.45, 7) is 0. The smallest absolute Gasteiger partial charge is 0.188 e. The van der Waals surface area contributed by atoms with E-state index in [1.807, 2.05) is 0 Å². The van der Waals surface area contributed by atoms with Crippen molar-refractivity contribution in [3.63, 3.8) is 0 Å². The molecule has 5 heteroatoms. The Kier molecular flexibility index (Phi) is 1.77. The van der Waals surface area contributed by atoms with Crippen molar-refractivity contribution < 1.29 is 0 Å². The van der Waals surface area contributed by atoms with E-state index in [2.05, 4.69) is 22.2 Å². The van der Waals surface area contributed by atoms with Crippen LogP contribution in [-0.2, 0) is 0 Å². The number of thiocarbonyl (C=S) groups is 1. The molecule has 10 heavy (non-hydrogen) atoms. The Morgan fingerprint density at radius 1 is 1.60 bits per heavy atom. The van der Waals surface area contributed by atoms with Gasteiger partial charge in [-0.2, -0.15) is 0 Å². The standard InChI is InChI=1S/C5H6N4S/c6-3-1-2-8-5(9-3)4(7)10/h1-2H,(H2,7,10)(H2,6,8,9). The molecule has 0 saturated heterocycles. The predicted molar refractivity (Wildman–Crippen MR) is 42.3 cm³/mol. The molecule has 1 aromatic rings. The third-order valence-corrected chi connectivity index (χ3v) is 1.08. The van der Waals surface area contributed by atoms with Gasteiger partial charge in [0, 0.05) is 6.20 Å². The van der Waals surface area contributed by atoms with Crippen LogP contribution in [0.3, 0.4) is 0 Å². The zero-order valence-corrected chi connectivity index (χ0v) is 5.93. The van der Waals surface area contributed by atoms with Crippen molar-refractivity contribution in [2.45, 2.75) is 0 Å². The van der Waals surface area contributed by atoms with Gasteiger partial charge in [0.25, 0.3) is 0 Å². The molecule has 1 rings (SSSR count).